The Bertz CT molecular complexity index is 833. The van der Waals surface area contributed by atoms with Crippen molar-refractivity contribution in [2.24, 2.45) is 5.73 Å². The number of hydrogen-bond acceptors (Lipinski definition) is 4. The van der Waals surface area contributed by atoms with E-state index in [0.29, 0.717) is 12.3 Å². The number of carbonyl (C=O) groups is 2. The van der Waals surface area contributed by atoms with E-state index in [1.165, 1.54) is 17.8 Å². The van der Waals surface area contributed by atoms with E-state index >= 15 is 0 Å². The predicted molar refractivity (Wildman–Crippen MR) is 99.7 cm³/mol. The molecule has 0 bridgehead atoms. The highest BCUT2D eigenvalue weighted by atomic mass is 32.2. The number of thioether (sulfide) groups is 1. The lowest BCUT2D eigenvalue weighted by atomic mass is 10.1. The van der Waals surface area contributed by atoms with Crippen molar-refractivity contribution in [3.8, 4) is 5.75 Å². The normalized spacial score (nSPS) is 12.6. The fourth-order valence-corrected chi connectivity index (χ4v) is 3.25. The molecule has 0 spiro atoms. The van der Waals surface area contributed by atoms with Gasteiger partial charge in [0.15, 0.2) is 0 Å². The summed E-state index contributed by atoms with van der Waals surface area (Å²) < 4.78 is 5.47. The predicted octanol–water partition coefficient (Wildman–Crippen LogP) is 2.85. The molecule has 25 heavy (non-hydrogen) atoms. The Kier molecular flexibility index (Phi) is 5.40. The van der Waals surface area contributed by atoms with Crippen LogP contribution < -0.4 is 15.8 Å². The third-order valence-electron chi connectivity index (χ3n) is 3.66. The summed E-state index contributed by atoms with van der Waals surface area (Å²) in [5, 5.41) is 2.83. The van der Waals surface area contributed by atoms with Crippen LogP contribution in [0.5, 0.6) is 5.75 Å². The number of nitrogens with one attached hydrogen (secondary N) is 1. The topological polar surface area (TPSA) is 81.4 Å². The number of ether oxygens (including phenoxy) is 1. The second-order valence-electron chi connectivity index (χ2n) is 5.54. The standard InChI is InChI=1S/C19H18N2O3S/c20-18(22)12-25-17-4-2-1-3-15(17)21-19(23)8-6-13-5-7-16-14(11-13)9-10-24-16/h1-8,11H,9-10,12H2,(H2,20,22)(H,21,23)/b8-6+. The van der Waals surface area contributed by atoms with Gasteiger partial charge >= 0.3 is 0 Å². The largest absolute Gasteiger partial charge is 0.493 e. The van der Waals surface area contributed by atoms with Crippen LogP contribution in [0.25, 0.3) is 6.08 Å². The van der Waals surface area contributed by atoms with Gasteiger partial charge in [-0.25, -0.2) is 0 Å². The van der Waals surface area contributed by atoms with Crippen LogP contribution >= 0.6 is 11.8 Å². The molecule has 128 valence electrons. The zero-order chi connectivity index (χ0) is 17.6. The van der Waals surface area contributed by atoms with Gasteiger partial charge in [0, 0.05) is 17.4 Å². The second-order valence-corrected chi connectivity index (χ2v) is 6.56. The van der Waals surface area contributed by atoms with Gasteiger partial charge in [0.05, 0.1) is 18.0 Å². The molecule has 0 saturated carbocycles. The maximum absolute atomic E-state index is 12.2. The van der Waals surface area contributed by atoms with Crippen molar-refractivity contribution in [3.05, 3.63) is 59.7 Å². The molecular formula is C19H18N2O3S. The van der Waals surface area contributed by atoms with Crippen LogP contribution in [0.2, 0.25) is 0 Å². The zero-order valence-corrected chi connectivity index (χ0v) is 14.3. The molecular weight excluding hydrogens is 336 g/mol. The van der Waals surface area contributed by atoms with Gasteiger partial charge in [-0.15, -0.1) is 11.8 Å². The van der Waals surface area contributed by atoms with Crippen molar-refractivity contribution in [1.29, 1.82) is 0 Å². The molecule has 5 nitrogen and oxygen atoms in total. The average Bonchev–Trinajstić information content (AvgIpc) is 3.07. The highest BCUT2D eigenvalue weighted by molar-refractivity contribution is 8.00. The molecule has 2 amide bonds. The first-order chi connectivity index (χ1) is 12.1. The molecule has 0 radical (unpaired) electrons. The number of benzene rings is 2. The molecule has 2 aromatic carbocycles. The first kappa shape index (κ1) is 17.1. The molecule has 6 heteroatoms. The molecule has 0 fully saturated rings. The molecule has 1 heterocycles. The van der Waals surface area contributed by atoms with Crippen LogP contribution in [0.3, 0.4) is 0 Å². The molecule has 2 aromatic rings. The molecule has 0 aliphatic carbocycles. The van der Waals surface area contributed by atoms with Crippen LogP contribution in [-0.2, 0) is 16.0 Å². The number of carbonyl (C=O) groups excluding carboxylic acids is 2. The van der Waals surface area contributed by atoms with Crippen molar-refractivity contribution in [2.45, 2.75) is 11.3 Å². The molecule has 0 saturated heterocycles. The van der Waals surface area contributed by atoms with Crippen molar-refractivity contribution in [3.63, 3.8) is 0 Å². The second kappa shape index (κ2) is 7.90. The summed E-state index contributed by atoms with van der Waals surface area (Å²) in [5.41, 5.74) is 7.95. The van der Waals surface area contributed by atoms with Crippen LogP contribution in [0, 0.1) is 0 Å². The minimum Gasteiger partial charge on any atom is -0.493 e. The van der Waals surface area contributed by atoms with Crippen LogP contribution in [0.4, 0.5) is 5.69 Å². The lowest BCUT2D eigenvalue weighted by molar-refractivity contribution is -0.115. The maximum atomic E-state index is 12.2. The van der Waals surface area contributed by atoms with Gasteiger partial charge in [-0.05, 0) is 41.5 Å². The van der Waals surface area contributed by atoms with Crippen molar-refractivity contribution >= 4 is 35.3 Å². The van der Waals surface area contributed by atoms with Gasteiger partial charge in [-0.3, -0.25) is 9.59 Å². The molecule has 0 unspecified atom stereocenters. The third kappa shape index (κ3) is 4.64. The molecule has 0 aromatic heterocycles. The maximum Gasteiger partial charge on any atom is 0.248 e. The number of primary amides is 1. The van der Waals surface area contributed by atoms with Gasteiger partial charge in [-0.1, -0.05) is 18.2 Å². The Morgan fingerprint density at radius 3 is 2.92 bits per heavy atom. The number of fused-ring (bicyclic) bond motifs is 1. The average molecular weight is 354 g/mol. The fourth-order valence-electron chi connectivity index (χ4n) is 2.50. The Hall–Kier alpha value is -2.73. The Balaban J connectivity index is 1.65. The van der Waals surface area contributed by atoms with Crippen LogP contribution in [0.1, 0.15) is 11.1 Å². The van der Waals surface area contributed by atoms with Gasteiger partial charge in [0.2, 0.25) is 11.8 Å². The Morgan fingerprint density at radius 2 is 2.08 bits per heavy atom. The molecule has 1 aliphatic rings. The Labute approximate surface area is 150 Å². The summed E-state index contributed by atoms with van der Waals surface area (Å²) >= 11 is 1.30. The zero-order valence-electron chi connectivity index (χ0n) is 13.5. The quantitative estimate of drug-likeness (QED) is 0.617. The summed E-state index contributed by atoms with van der Waals surface area (Å²) in [6, 6.07) is 13.2. The van der Waals surface area contributed by atoms with E-state index < -0.39 is 5.91 Å². The summed E-state index contributed by atoms with van der Waals surface area (Å²) in [6.45, 7) is 0.711. The first-order valence-corrected chi connectivity index (χ1v) is 8.85. The first-order valence-electron chi connectivity index (χ1n) is 7.87. The van der Waals surface area contributed by atoms with Crippen molar-refractivity contribution in [1.82, 2.24) is 0 Å². The van der Waals surface area contributed by atoms with Crippen LogP contribution in [0.15, 0.2) is 53.4 Å². The lowest BCUT2D eigenvalue weighted by Crippen LogP contribution is -2.13. The van der Waals surface area contributed by atoms with E-state index in [1.54, 1.807) is 12.1 Å². The van der Waals surface area contributed by atoms with Gasteiger partial charge in [0.1, 0.15) is 5.75 Å². The minimum absolute atomic E-state index is 0.167. The van der Waals surface area contributed by atoms with Gasteiger partial charge < -0.3 is 15.8 Å². The molecule has 3 N–H and O–H groups in total. The number of hydrogen-bond donors (Lipinski definition) is 2. The third-order valence-corrected chi connectivity index (χ3v) is 4.75. The lowest BCUT2D eigenvalue weighted by Gasteiger charge is -2.08. The van der Waals surface area contributed by atoms with Gasteiger partial charge in [-0.2, -0.15) is 0 Å². The SMILES string of the molecule is NC(=O)CSc1ccccc1NC(=O)/C=C/c1ccc2c(c1)CCO2. The van der Waals surface area contributed by atoms with E-state index in [1.807, 2.05) is 36.4 Å². The number of amides is 2. The fraction of sp³-hybridized carbons (Fsp3) is 0.158. The summed E-state index contributed by atoms with van der Waals surface area (Å²) in [7, 11) is 0. The molecule has 1 aliphatic heterocycles. The monoisotopic (exact) mass is 354 g/mol. The summed E-state index contributed by atoms with van der Waals surface area (Å²) in [6.07, 6.45) is 4.16. The molecule has 3 rings (SSSR count). The summed E-state index contributed by atoms with van der Waals surface area (Å²) in [4.78, 5) is 23.9. The molecule has 0 atom stereocenters. The number of nitrogens with two attached hydrogens (primary N) is 1. The van der Waals surface area contributed by atoms with E-state index in [-0.39, 0.29) is 11.7 Å². The number of anilines is 1. The Morgan fingerprint density at radius 1 is 1.24 bits per heavy atom. The van der Waals surface area contributed by atoms with Gasteiger partial charge in [0.25, 0.3) is 0 Å². The van der Waals surface area contributed by atoms with E-state index in [4.69, 9.17) is 10.5 Å². The van der Waals surface area contributed by atoms with E-state index in [0.717, 1.165) is 28.2 Å². The van der Waals surface area contributed by atoms with Crippen molar-refractivity contribution < 1.29 is 14.3 Å². The van der Waals surface area contributed by atoms with E-state index in [9.17, 15) is 9.59 Å². The van der Waals surface area contributed by atoms with Crippen molar-refractivity contribution in [2.75, 3.05) is 17.7 Å². The summed E-state index contributed by atoms with van der Waals surface area (Å²) in [5.74, 6) is 0.456. The minimum atomic E-state index is -0.397. The van der Waals surface area contributed by atoms with Crippen LogP contribution in [-0.4, -0.2) is 24.2 Å². The number of para-hydroxylation sites is 1. The highest BCUT2D eigenvalue weighted by Gasteiger charge is 2.11. The van der Waals surface area contributed by atoms with E-state index in [2.05, 4.69) is 5.32 Å². The highest BCUT2D eigenvalue weighted by Crippen LogP contribution is 2.27. The smallest absolute Gasteiger partial charge is 0.248 e. The number of rotatable bonds is 6.